The van der Waals surface area contributed by atoms with Crippen LogP contribution in [0.4, 0.5) is 17.1 Å². The summed E-state index contributed by atoms with van der Waals surface area (Å²) in [6, 6.07) is 54.5. The van der Waals surface area contributed by atoms with Gasteiger partial charge in [-0.15, -0.1) is 0 Å². The molecule has 10 rings (SSSR count). The van der Waals surface area contributed by atoms with Gasteiger partial charge in [-0.1, -0.05) is 133 Å². The molecule has 0 N–H and O–H groups in total. The molecular formula is C52H43NO2. The maximum atomic E-state index is 14.0. The molecule has 0 bridgehead atoms. The van der Waals surface area contributed by atoms with Gasteiger partial charge in [0.15, 0.2) is 0 Å². The van der Waals surface area contributed by atoms with Gasteiger partial charge >= 0.3 is 0 Å². The molecule has 1 atom stereocenters. The highest BCUT2D eigenvalue weighted by Crippen LogP contribution is 2.63. The monoisotopic (exact) mass is 713 g/mol. The van der Waals surface area contributed by atoms with E-state index in [1.54, 1.807) is 0 Å². The maximum absolute atomic E-state index is 14.0. The van der Waals surface area contributed by atoms with Crippen molar-refractivity contribution in [2.75, 3.05) is 4.90 Å². The lowest BCUT2D eigenvalue weighted by Gasteiger charge is -2.32. The van der Waals surface area contributed by atoms with Crippen LogP contribution >= 0.6 is 0 Å². The molecule has 3 heteroatoms. The van der Waals surface area contributed by atoms with E-state index < -0.39 is 5.41 Å². The van der Waals surface area contributed by atoms with Crippen LogP contribution in [0.15, 0.2) is 161 Å². The third kappa shape index (κ3) is 4.85. The van der Waals surface area contributed by atoms with Gasteiger partial charge in [-0.25, -0.2) is 0 Å². The Morgan fingerprint density at radius 3 is 1.53 bits per heavy atom. The Hall–Kier alpha value is -6.19. The lowest BCUT2D eigenvalue weighted by atomic mass is 9.70. The second-order valence-corrected chi connectivity index (χ2v) is 17.3. The Morgan fingerprint density at radius 2 is 0.927 bits per heavy atom. The molecule has 0 fully saturated rings. The summed E-state index contributed by atoms with van der Waals surface area (Å²) < 4.78 is 6.57. The first-order valence-electron chi connectivity index (χ1n) is 19.3. The summed E-state index contributed by atoms with van der Waals surface area (Å²) in [6.45, 7) is 13.6. The van der Waals surface area contributed by atoms with Gasteiger partial charge in [-0.2, -0.15) is 0 Å². The van der Waals surface area contributed by atoms with E-state index in [9.17, 15) is 4.79 Å². The van der Waals surface area contributed by atoms with Crippen LogP contribution in [0.25, 0.3) is 44.2 Å². The molecule has 1 unspecified atom stereocenters. The highest BCUT2D eigenvalue weighted by atomic mass is 16.3. The highest BCUT2D eigenvalue weighted by Gasteiger charge is 2.52. The average Bonchev–Trinajstić information content (AvgIpc) is 3.64. The molecule has 7 aromatic carbocycles. The topological polar surface area (TPSA) is 33.5 Å². The van der Waals surface area contributed by atoms with Gasteiger partial charge in [-0.3, -0.25) is 4.79 Å². The van der Waals surface area contributed by atoms with Crippen molar-refractivity contribution in [3.8, 4) is 22.3 Å². The number of anilines is 3. The number of rotatable bonds is 3. The van der Waals surface area contributed by atoms with Crippen molar-refractivity contribution in [2.45, 2.75) is 57.8 Å². The zero-order valence-electron chi connectivity index (χ0n) is 32.2. The molecule has 1 aromatic heterocycles. The minimum absolute atomic E-state index is 0.00168. The van der Waals surface area contributed by atoms with Gasteiger partial charge in [0, 0.05) is 17.1 Å². The summed E-state index contributed by atoms with van der Waals surface area (Å²) >= 11 is 0. The Balaban J connectivity index is 1.25. The fraction of sp³-hybridized carbons (Fsp3) is 0.173. The minimum Gasteiger partial charge on any atom is -0.456 e. The van der Waals surface area contributed by atoms with Crippen molar-refractivity contribution in [1.82, 2.24) is 0 Å². The minimum atomic E-state index is -0.621. The third-order valence-corrected chi connectivity index (χ3v) is 12.0. The average molecular weight is 714 g/mol. The zero-order chi connectivity index (χ0) is 37.9. The van der Waals surface area contributed by atoms with Crippen LogP contribution in [0.1, 0.15) is 74.9 Å². The zero-order valence-corrected chi connectivity index (χ0v) is 32.2. The van der Waals surface area contributed by atoms with Crippen LogP contribution in [0.2, 0.25) is 0 Å². The van der Waals surface area contributed by atoms with E-state index in [1.165, 1.54) is 38.9 Å². The van der Waals surface area contributed by atoms with Crippen LogP contribution in [-0.4, -0.2) is 0 Å². The quantitative estimate of drug-likeness (QED) is 0.171. The number of nitrogens with zero attached hydrogens (tertiary/aromatic N) is 1. The van der Waals surface area contributed by atoms with E-state index in [0.717, 1.165) is 33.8 Å². The predicted molar refractivity (Wildman–Crippen MR) is 228 cm³/mol. The van der Waals surface area contributed by atoms with Crippen LogP contribution in [0, 0.1) is 0 Å². The van der Waals surface area contributed by atoms with Crippen LogP contribution in [0.3, 0.4) is 0 Å². The smallest absolute Gasteiger partial charge is 0.200 e. The number of benzene rings is 7. The van der Waals surface area contributed by atoms with Crippen molar-refractivity contribution >= 4 is 39.0 Å². The van der Waals surface area contributed by atoms with Crippen molar-refractivity contribution < 1.29 is 4.42 Å². The molecule has 3 nitrogen and oxygen atoms in total. The normalized spacial score (nSPS) is 15.6. The second kappa shape index (κ2) is 11.7. The molecular weight excluding hydrogens is 671 g/mol. The van der Waals surface area contributed by atoms with E-state index >= 15 is 0 Å². The molecule has 2 aliphatic carbocycles. The van der Waals surface area contributed by atoms with Gasteiger partial charge in [0.05, 0.1) is 16.2 Å². The largest absolute Gasteiger partial charge is 0.456 e. The molecule has 0 saturated carbocycles. The first-order valence-corrected chi connectivity index (χ1v) is 19.3. The fourth-order valence-electron chi connectivity index (χ4n) is 9.23. The highest BCUT2D eigenvalue weighted by molar-refractivity contribution is 6.01. The summed E-state index contributed by atoms with van der Waals surface area (Å²) in [4.78, 5) is 16.4. The standard InChI is InChI=1S/C52H43NO2/c1-50(2,3)32-19-23-34(24-20-32)53(35-25-21-33(22-26-35)51(4,5)6)36-27-28-39-37-13-7-10-16-43(37)52(45(39)29-36)44-17-11-8-14-38(44)41-30-42-48(31-46(41)52)55-47-18-12-9-15-40(47)49(42)54/h7-31H,1-6H3. The number of hydrogen-bond donors (Lipinski definition) is 0. The maximum Gasteiger partial charge on any atom is 0.200 e. The Bertz CT molecular complexity index is 2840. The third-order valence-electron chi connectivity index (χ3n) is 12.0. The van der Waals surface area contributed by atoms with Gasteiger partial charge in [0.2, 0.25) is 5.43 Å². The summed E-state index contributed by atoms with van der Waals surface area (Å²) in [5.41, 5.74) is 16.1. The van der Waals surface area contributed by atoms with E-state index in [4.69, 9.17) is 4.42 Å². The Morgan fingerprint density at radius 1 is 0.436 bits per heavy atom. The van der Waals surface area contributed by atoms with Crippen LogP contribution in [0.5, 0.6) is 0 Å². The van der Waals surface area contributed by atoms with Gasteiger partial charge in [0.1, 0.15) is 11.2 Å². The molecule has 0 amide bonds. The van der Waals surface area contributed by atoms with E-state index in [1.807, 2.05) is 24.3 Å². The molecule has 1 spiro atoms. The summed E-state index contributed by atoms with van der Waals surface area (Å²) in [6.07, 6.45) is 0. The van der Waals surface area contributed by atoms with Crippen molar-refractivity contribution in [3.63, 3.8) is 0 Å². The summed E-state index contributed by atoms with van der Waals surface area (Å²) in [5, 5.41) is 1.21. The first kappa shape index (κ1) is 33.4. The molecule has 0 radical (unpaired) electrons. The van der Waals surface area contributed by atoms with Crippen molar-refractivity contribution in [1.29, 1.82) is 0 Å². The number of fused-ring (bicyclic) bond motifs is 12. The second-order valence-electron chi connectivity index (χ2n) is 17.3. The molecule has 2 aliphatic rings. The van der Waals surface area contributed by atoms with Gasteiger partial charge in [0.25, 0.3) is 0 Å². The fourth-order valence-corrected chi connectivity index (χ4v) is 9.23. The molecule has 268 valence electrons. The molecule has 0 aliphatic heterocycles. The number of hydrogen-bond acceptors (Lipinski definition) is 3. The predicted octanol–water partition coefficient (Wildman–Crippen LogP) is 13.4. The van der Waals surface area contributed by atoms with Crippen LogP contribution in [-0.2, 0) is 16.2 Å². The molecule has 1 heterocycles. The van der Waals surface area contributed by atoms with Gasteiger partial charge in [-0.05, 0) is 127 Å². The van der Waals surface area contributed by atoms with Crippen molar-refractivity contribution in [3.05, 3.63) is 195 Å². The Kier molecular flexibility index (Phi) is 7.07. The lowest BCUT2D eigenvalue weighted by molar-refractivity contribution is 0.590. The first-order chi connectivity index (χ1) is 26.4. The Labute approximate surface area is 322 Å². The molecule has 0 saturated heterocycles. The van der Waals surface area contributed by atoms with E-state index in [-0.39, 0.29) is 16.3 Å². The van der Waals surface area contributed by atoms with E-state index in [2.05, 4.69) is 174 Å². The SMILES string of the molecule is CC(C)(C)c1ccc(N(c2ccc(C(C)(C)C)cc2)c2ccc3c(c2)C2(c4ccccc4-3)c3ccccc3-c3cc4c(=O)c5ccccc5oc4cc32)cc1. The van der Waals surface area contributed by atoms with Crippen molar-refractivity contribution in [2.24, 2.45) is 0 Å². The number of para-hydroxylation sites is 1. The van der Waals surface area contributed by atoms with E-state index in [0.29, 0.717) is 21.9 Å². The lowest BCUT2D eigenvalue weighted by Crippen LogP contribution is -2.26. The molecule has 55 heavy (non-hydrogen) atoms. The summed E-state index contributed by atoms with van der Waals surface area (Å²) in [7, 11) is 0. The van der Waals surface area contributed by atoms with Gasteiger partial charge < -0.3 is 9.32 Å². The summed E-state index contributed by atoms with van der Waals surface area (Å²) in [5.74, 6) is 0. The van der Waals surface area contributed by atoms with Crippen LogP contribution < -0.4 is 10.3 Å². The molecule has 8 aromatic rings.